The summed E-state index contributed by atoms with van der Waals surface area (Å²) in [6, 6.07) is 9.70. The lowest BCUT2D eigenvalue weighted by Gasteiger charge is -2.21. The molecule has 1 spiro atoms. The van der Waals surface area contributed by atoms with E-state index in [1.54, 1.807) is 17.2 Å². The van der Waals surface area contributed by atoms with Gasteiger partial charge in [0.15, 0.2) is 0 Å². The van der Waals surface area contributed by atoms with Crippen LogP contribution >= 0.6 is 0 Å². The number of carboxylic acids is 1. The molecule has 1 N–H and O–H groups in total. The first-order chi connectivity index (χ1) is 12.1. The molecule has 4 atom stereocenters. The fraction of sp³-hybridized carbons (Fsp3) is 0.316. The maximum absolute atomic E-state index is 13.0. The van der Waals surface area contributed by atoms with Crippen molar-refractivity contribution >= 4 is 22.8 Å². The number of nitrogens with zero attached hydrogens (tertiary/aromatic N) is 2. The highest BCUT2D eigenvalue weighted by molar-refractivity contribution is 5.91. The lowest BCUT2D eigenvalue weighted by atomic mass is 9.77. The van der Waals surface area contributed by atoms with Gasteiger partial charge in [-0.1, -0.05) is 30.4 Å². The molecule has 0 saturated carbocycles. The van der Waals surface area contributed by atoms with Crippen molar-refractivity contribution in [2.24, 2.45) is 11.8 Å². The molecular weight excluding hydrogens is 320 g/mol. The van der Waals surface area contributed by atoms with Crippen LogP contribution in [-0.2, 0) is 20.9 Å². The maximum Gasteiger partial charge on any atom is 0.310 e. The summed E-state index contributed by atoms with van der Waals surface area (Å²) < 4.78 is 5.92. The van der Waals surface area contributed by atoms with Gasteiger partial charge in [0.25, 0.3) is 0 Å². The number of hydrogen-bond acceptors (Lipinski definition) is 4. The van der Waals surface area contributed by atoms with Crippen molar-refractivity contribution in [3.8, 4) is 0 Å². The van der Waals surface area contributed by atoms with Crippen LogP contribution in [0.15, 0.2) is 48.7 Å². The third-order valence-electron chi connectivity index (χ3n) is 5.56. The minimum Gasteiger partial charge on any atom is -0.481 e. The van der Waals surface area contributed by atoms with E-state index in [9.17, 15) is 14.7 Å². The second-order valence-corrected chi connectivity index (χ2v) is 6.92. The van der Waals surface area contributed by atoms with Crippen LogP contribution in [0, 0.1) is 11.8 Å². The van der Waals surface area contributed by atoms with Crippen LogP contribution < -0.4 is 0 Å². The van der Waals surface area contributed by atoms with Crippen molar-refractivity contribution in [1.29, 1.82) is 0 Å². The van der Waals surface area contributed by atoms with Crippen LogP contribution in [-0.4, -0.2) is 45.1 Å². The van der Waals surface area contributed by atoms with E-state index in [-0.39, 0.29) is 5.91 Å². The molecule has 2 saturated heterocycles. The van der Waals surface area contributed by atoms with E-state index < -0.39 is 29.5 Å². The van der Waals surface area contributed by atoms with Gasteiger partial charge in [-0.05, 0) is 17.7 Å². The van der Waals surface area contributed by atoms with E-state index in [0.29, 0.717) is 13.1 Å². The number of amides is 1. The van der Waals surface area contributed by atoms with Crippen LogP contribution in [0.4, 0.5) is 0 Å². The molecule has 2 bridgehead atoms. The summed E-state index contributed by atoms with van der Waals surface area (Å²) in [6.45, 7) is 0.818. The van der Waals surface area contributed by atoms with Gasteiger partial charge in [0.05, 0.1) is 24.1 Å². The molecule has 4 unspecified atom stereocenters. The minimum atomic E-state index is -0.967. The zero-order valence-corrected chi connectivity index (χ0v) is 13.3. The molecule has 3 aliphatic heterocycles. The summed E-state index contributed by atoms with van der Waals surface area (Å²) in [7, 11) is 0. The van der Waals surface area contributed by atoms with Crippen molar-refractivity contribution in [3.63, 3.8) is 0 Å². The fourth-order valence-electron chi connectivity index (χ4n) is 4.49. The highest BCUT2D eigenvalue weighted by Crippen LogP contribution is 2.52. The normalized spacial score (nSPS) is 32.6. The lowest BCUT2D eigenvalue weighted by molar-refractivity contribution is -0.148. The molecule has 126 valence electrons. The Morgan fingerprint density at radius 3 is 3.04 bits per heavy atom. The molecule has 1 amide bonds. The number of carboxylic acid groups (broad SMARTS) is 1. The predicted molar refractivity (Wildman–Crippen MR) is 88.5 cm³/mol. The molecular formula is C19H16N2O4. The zero-order chi connectivity index (χ0) is 17.2. The van der Waals surface area contributed by atoms with E-state index in [0.717, 1.165) is 16.5 Å². The zero-order valence-electron chi connectivity index (χ0n) is 13.3. The highest BCUT2D eigenvalue weighted by atomic mass is 16.5. The molecule has 4 heterocycles. The summed E-state index contributed by atoms with van der Waals surface area (Å²) in [6.07, 6.45) is 4.91. The first-order valence-corrected chi connectivity index (χ1v) is 8.30. The number of likely N-dealkylation sites (tertiary alicyclic amines) is 1. The molecule has 1 aromatic heterocycles. The van der Waals surface area contributed by atoms with Crippen LogP contribution in [0.1, 0.15) is 5.56 Å². The van der Waals surface area contributed by atoms with E-state index >= 15 is 0 Å². The molecule has 5 rings (SSSR count). The van der Waals surface area contributed by atoms with Gasteiger partial charge in [-0.2, -0.15) is 0 Å². The molecule has 0 radical (unpaired) electrons. The Labute approximate surface area is 143 Å². The largest absolute Gasteiger partial charge is 0.481 e. The average Bonchev–Trinajstić information content (AvgIpc) is 3.24. The van der Waals surface area contributed by atoms with Gasteiger partial charge < -0.3 is 14.7 Å². The van der Waals surface area contributed by atoms with Gasteiger partial charge in [-0.3, -0.25) is 14.6 Å². The van der Waals surface area contributed by atoms with E-state index in [1.807, 2.05) is 36.4 Å². The molecule has 1 aromatic carbocycles. The third kappa shape index (κ3) is 1.91. The second kappa shape index (κ2) is 4.89. The second-order valence-electron chi connectivity index (χ2n) is 6.92. The maximum atomic E-state index is 13.0. The minimum absolute atomic E-state index is 0.139. The number of para-hydroxylation sites is 1. The smallest absolute Gasteiger partial charge is 0.310 e. The third-order valence-corrected chi connectivity index (χ3v) is 5.56. The van der Waals surface area contributed by atoms with E-state index in [2.05, 4.69) is 4.98 Å². The van der Waals surface area contributed by atoms with Gasteiger partial charge in [0.1, 0.15) is 11.5 Å². The predicted octanol–water partition coefficient (Wildman–Crippen LogP) is 1.60. The summed E-state index contributed by atoms with van der Waals surface area (Å²) in [5.41, 5.74) is 1.10. The van der Waals surface area contributed by atoms with Crippen molar-refractivity contribution < 1.29 is 19.4 Å². The van der Waals surface area contributed by atoms with Gasteiger partial charge in [-0.25, -0.2) is 0 Å². The number of carbonyl (C=O) groups excluding carboxylic acids is 1. The first kappa shape index (κ1) is 14.6. The van der Waals surface area contributed by atoms with Gasteiger partial charge in [0, 0.05) is 18.1 Å². The van der Waals surface area contributed by atoms with E-state index in [4.69, 9.17) is 4.74 Å². The van der Waals surface area contributed by atoms with Crippen molar-refractivity contribution in [2.75, 3.05) is 6.54 Å². The quantitative estimate of drug-likeness (QED) is 0.861. The van der Waals surface area contributed by atoms with E-state index in [1.165, 1.54) is 0 Å². The molecule has 3 aliphatic rings. The van der Waals surface area contributed by atoms with Gasteiger partial charge in [-0.15, -0.1) is 0 Å². The molecule has 2 aromatic rings. The molecule has 2 fully saturated rings. The molecule has 6 nitrogen and oxygen atoms in total. The van der Waals surface area contributed by atoms with Crippen LogP contribution in [0.5, 0.6) is 0 Å². The first-order valence-electron chi connectivity index (χ1n) is 8.30. The lowest BCUT2D eigenvalue weighted by Crippen LogP contribution is -2.39. The number of rotatable bonds is 3. The molecule has 25 heavy (non-hydrogen) atoms. The van der Waals surface area contributed by atoms with Crippen molar-refractivity contribution in [2.45, 2.75) is 18.2 Å². The Kier molecular flexibility index (Phi) is 2.86. The fourth-order valence-corrected chi connectivity index (χ4v) is 4.49. The SMILES string of the molecule is O=C(O)C1C2C=CC3(CN(Cc4ccnc5ccccc45)C(=O)C13)O2. The van der Waals surface area contributed by atoms with Crippen molar-refractivity contribution in [1.82, 2.24) is 9.88 Å². The number of benzene rings is 1. The summed E-state index contributed by atoms with van der Waals surface area (Å²) in [5.74, 6) is -2.53. The van der Waals surface area contributed by atoms with Gasteiger partial charge in [0.2, 0.25) is 5.91 Å². The Morgan fingerprint density at radius 1 is 1.36 bits per heavy atom. The van der Waals surface area contributed by atoms with Crippen molar-refractivity contribution in [3.05, 3.63) is 54.2 Å². The summed E-state index contributed by atoms with van der Waals surface area (Å²) >= 11 is 0. The number of fused-ring (bicyclic) bond motifs is 2. The number of hydrogen-bond donors (Lipinski definition) is 1. The summed E-state index contributed by atoms with van der Waals surface area (Å²) in [4.78, 5) is 30.6. The number of aromatic nitrogens is 1. The Bertz CT molecular complexity index is 935. The topological polar surface area (TPSA) is 79.7 Å². The monoisotopic (exact) mass is 336 g/mol. The Hall–Kier alpha value is -2.73. The number of ether oxygens (including phenoxy) is 1. The van der Waals surface area contributed by atoms with Gasteiger partial charge >= 0.3 is 5.97 Å². The highest BCUT2D eigenvalue weighted by Gasteiger charge is 2.66. The van der Waals surface area contributed by atoms with Crippen LogP contribution in [0.3, 0.4) is 0 Å². The average molecular weight is 336 g/mol. The molecule has 6 heteroatoms. The number of pyridine rings is 1. The molecule has 0 aliphatic carbocycles. The van der Waals surface area contributed by atoms with Crippen LogP contribution in [0.25, 0.3) is 10.9 Å². The Balaban J connectivity index is 1.50. The summed E-state index contributed by atoms with van der Waals surface area (Å²) in [5, 5.41) is 10.5. The Morgan fingerprint density at radius 2 is 2.20 bits per heavy atom. The number of aliphatic carboxylic acids is 1. The number of carbonyl (C=O) groups is 2. The van der Waals surface area contributed by atoms with Crippen LogP contribution in [0.2, 0.25) is 0 Å². The standard InChI is InChI=1S/C19H16N2O4/c22-17-16-15(18(23)24)14-5-7-19(16,25-14)10-21(17)9-11-6-8-20-13-4-2-1-3-12(11)13/h1-8,14-16H,9-10H2,(H,23,24).